The third kappa shape index (κ3) is 2.41. The van der Waals surface area contributed by atoms with Crippen molar-refractivity contribution < 1.29 is 13.6 Å². The largest absolute Gasteiger partial charge is 0.329 e. The first kappa shape index (κ1) is 14.1. The SMILES string of the molecule is Cc1ccc(F)c(C(=O)C2(CN)CCCCC2)c1F. The second kappa shape index (κ2) is 5.37. The van der Waals surface area contributed by atoms with Gasteiger partial charge in [-0.2, -0.15) is 0 Å². The molecule has 0 atom stereocenters. The van der Waals surface area contributed by atoms with Gasteiger partial charge in [0.15, 0.2) is 5.78 Å². The Balaban J connectivity index is 2.46. The van der Waals surface area contributed by atoms with E-state index >= 15 is 0 Å². The smallest absolute Gasteiger partial charge is 0.176 e. The number of aryl methyl sites for hydroxylation is 1. The summed E-state index contributed by atoms with van der Waals surface area (Å²) in [7, 11) is 0. The Morgan fingerprint density at radius 3 is 2.47 bits per heavy atom. The molecule has 0 saturated heterocycles. The molecule has 19 heavy (non-hydrogen) atoms. The number of hydrogen-bond acceptors (Lipinski definition) is 2. The van der Waals surface area contributed by atoms with Crippen molar-refractivity contribution in [2.24, 2.45) is 11.1 Å². The lowest BCUT2D eigenvalue weighted by atomic mass is 9.69. The van der Waals surface area contributed by atoms with Crippen LogP contribution in [0.4, 0.5) is 8.78 Å². The first-order valence-electron chi connectivity index (χ1n) is 6.71. The van der Waals surface area contributed by atoms with Crippen molar-refractivity contribution >= 4 is 5.78 Å². The summed E-state index contributed by atoms with van der Waals surface area (Å²) < 4.78 is 27.9. The number of carbonyl (C=O) groups excluding carboxylic acids is 1. The molecule has 1 fully saturated rings. The molecule has 0 spiro atoms. The number of rotatable bonds is 3. The summed E-state index contributed by atoms with van der Waals surface area (Å²) in [5, 5.41) is 0. The molecule has 0 amide bonds. The van der Waals surface area contributed by atoms with Crippen molar-refractivity contribution in [1.29, 1.82) is 0 Å². The minimum Gasteiger partial charge on any atom is -0.329 e. The maximum absolute atomic E-state index is 14.1. The Kier molecular flexibility index (Phi) is 3.99. The number of ketones is 1. The van der Waals surface area contributed by atoms with Crippen LogP contribution in [0.25, 0.3) is 0 Å². The van der Waals surface area contributed by atoms with Gasteiger partial charge in [-0.3, -0.25) is 4.79 Å². The number of benzene rings is 1. The average Bonchev–Trinajstić information content (AvgIpc) is 2.44. The fraction of sp³-hybridized carbons (Fsp3) is 0.533. The zero-order valence-electron chi connectivity index (χ0n) is 11.1. The van der Waals surface area contributed by atoms with Crippen molar-refractivity contribution in [2.45, 2.75) is 39.0 Å². The van der Waals surface area contributed by atoms with Crippen molar-refractivity contribution in [3.05, 3.63) is 34.9 Å². The van der Waals surface area contributed by atoms with Crippen LogP contribution in [0.2, 0.25) is 0 Å². The van der Waals surface area contributed by atoms with Crippen LogP contribution < -0.4 is 5.73 Å². The molecule has 1 aliphatic rings. The van der Waals surface area contributed by atoms with E-state index in [1.165, 1.54) is 13.0 Å². The van der Waals surface area contributed by atoms with Crippen molar-refractivity contribution in [3.8, 4) is 0 Å². The Hall–Kier alpha value is -1.29. The first-order valence-corrected chi connectivity index (χ1v) is 6.71. The predicted molar refractivity (Wildman–Crippen MR) is 70.0 cm³/mol. The Morgan fingerprint density at radius 1 is 1.26 bits per heavy atom. The highest BCUT2D eigenvalue weighted by Gasteiger charge is 2.41. The molecule has 1 aromatic carbocycles. The zero-order chi connectivity index (χ0) is 14.0. The van der Waals surface area contributed by atoms with Crippen molar-refractivity contribution in [1.82, 2.24) is 0 Å². The van der Waals surface area contributed by atoms with E-state index in [0.717, 1.165) is 25.3 Å². The van der Waals surface area contributed by atoms with Crippen molar-refractivity contribution in [3.63, 3.8) is 0 Å². The highest BCUT2D eigenvalue weighted by molar-refractivity contribution is 6.01. The molecule has 2 nitrogen and oxygen atoms in total. The van der Waals surface area contributed by atoms with E-state index in [0.29, 0.717) is 12.8 Å². The Labute approximate surface area is 112 Å². The quantitative estimate of drug-likeness (QED) is 0.853. The van der Waals surface area contributed by atoms with E-state index in [4.69, 9.17) is 5.73 Å². The lowest BCUT2D eigenvalue weighted by Gasteiger charge is -2.34. The average molecular weight is 267 g/mol. The van der Waals surface area contributed by atoms with Crippen LogP contribution in [-0.2, 0) is 0 Å². The van der Waals surface area contributed by atoms with Crippen LogP contribution in [0.1, 0.15) is 48.0 Å². The van der Waals surface area contributed by atoms with Crippen LogP contribution in [0.15, 0.2) is 12.1 Å². The van der Waals surface area contributed by atoms with Crippen LogP contribution in [-0.4, -0.2) is 12.3 Å². The molecular weight excluding hydrogens is 248 g/mol. The molecule has 0 radical (unpaired) electrons. The summed E-state index contributed by atoms with van der Waals surface area (Å²) in [6, 6.07) is 2.50. The van der Waals surface area contributed by atoms with Gasteiger partial charge in [-0.25, -0.2) is 8.78 Å². The van der Waals surface area contributed by atoms with E-state index in [9.17, 15) is 13.6 Å². The molecule has 4 heteroatoms. The van der Waals surface area contributed by atoms with Crippen molar-refractivity contribution in [2.75, 3.05) is 6.54 Å². The number of nitrogens with two attached hydrogens (primary N) is 1. The normalized spacial score (nSPS) is 18.3. The predicted octanol–water partition coefficient (Wildman–Crippen LogP) is 3.37. The van der Waals surface area contributed by atoms with Crippen LogP contribution in [0, 0.1) is 24.0 Å². The van der Waals surface area contributed by atoms with Gasteiger partial charge in [0, 0.05) is 12.0 Å². The zero-order valence-corrected chi connectivity index (χ0v) is 11.1. The van der Waals surface area contributed by atoms with Gasteiger partial charge in [0.25, 0.3) is 0 Å². The molecule has 0 heterocycles. The number of carbonyl (C=O) groups is 1. The molecule has 0 aliphatic heterocycles. The van der Waals surface area contributed by atoms with E-state index in [1.54, 1.807) is 0 Å². The van der Waals surface area contributed by atoms with Gasteiger partial charge in [-0.15, -0.1) is 0 Å². The number of Topliss-reactive ketones (excluding diaryl/α,β-unsaturated/α-hetero) is 1. The van der Waals surface area contributed by atoms with E-state index in [2.05, 4.69) is 0 Å². The van der Waals surface area contributed by atoms with E-state index in [-0.39, 0.29) is 12.1 Å². The number of hydrogen-bond donors (Lipinski definition) is 1. The molecule has 0 bridgehead atoms. The molecule has 2 N–H and O–H groups in total. The maximum Gasteiger partial charge on any atom is 0.176 e. The summed E-state index contributed by atoms with van der Waals surface area (Å²) >= 11 is 0. The third-order valence-corrected chi connectivity index (χ3v) is 4.19. The second-order valence-electron chi connectivity index (χ2n) is 5.43. The van der Waals surface area contributed by atoms with Gasteiger partial charge in [-0.05, 0) is 31.4 Å². The van der Waals surface area contributed by atoms with Crippen LogP contribution in [0.5, 0.6) is 0 Å². The first-order chi connectivity index (χ1) is 9.02. The fourth-order valence-electron chi connectivity index (χ4n) is 2.88. The fourth-order valence-corrected chi connectivity index (χ4v) is 2.88. The summed E-state index contributed by atoms with van der Waals surface area (Å²) in [4.78, 5) is 12.6. The van der Waals surface area contributed by atoms with Gasteiger partial charge in [0.05, 0.1) is 5.56 Å². The van der Waals surface area contributed by atoms with Gasteiger partial charge in [-0.1, -0.05) is 25.3 Å². The minimum absolute atomic E-state index is 0.151. The molecule has 1 aliphatic carbocycles. The molecular formula is C15H19F2NO. The molecule has 1 aromatic rings. The summed E-state index contributed by atoms with van der Waals surface area (Å²) in [5.74, 6) is -2.00. The monoisotopic (exact) mass is 267 g/mol. The minimum atomic E-state index is -0.786. The Morgan fingerprint density at radius 2 is 1.89 bits per heavy atom. The lowest BCUT2D eigenvalue weighted by Crippen LogP contribution is -2.41. The number of halogens is 2. The summed E-state index contributed by atoms with van der Waals surface area (Å²) in [6.07, 6.45) is 4.06. The molecule has 0 unspecified atom stereocenters. The van der Waals surface area contributed by atoms with E-state index in [1.807, 2.05) is 0 Å². The highest BCUT2D eigenvalue weighted by atomic mass is 19.1. The summed E-state index contributed by atoms with van der Waals surface area (Å²) in [6.45, 7) is 1.68. The second-order valence-corrected chi connectivity index (χ2v) is 5.43. The molecule has 2 rings (SSSR count). The van der Waals surface area contributed by atoms with Gasteiger partial charge >= 0.3 is 0 Å². The molecule has 1 saturated carbocycles. The lowest BCUT2D eigenvalue weighted by molar-refractivity contribution is 0.0719. The third-order valence-electron chi connectivity index (χ3n) is 4.19. The standard InChI is InChI=1S/C15H19F2NO/c1-10-5-6-11(16)12(13(10)17)14(19)15(9-18)7-3-2-4-8-15/h5-6H,2-4,7-9,18H2,1H3. The highest BCUT2D eigenvalue weighted by Crippen LogP contribution is 2.39. The molecule has 104 valence electrons. The molecule has 0 aromatic heterocycles. The van der Waals surface area contributed by atoms with Crippen LogP contribution >= 0.6 is 0 Å². The van der Waals surface area contributed by atoms with E-state index < -0.39 is 28.4 Å². The van der Waals surface area contributed by atoms with Gasteiger partial charge in [0.2, 0.25) is 0 Å². The summed E-state index contributed by atoms with van der Waals surface area (Å²) in [5.41, 5.74) is 4.84. The van der Waals surface area contributed by atoms with Gasteiger partial charge in [0.1, 0.15) is 11.6 Å². The maximum atomic E-state index is 14.1. The van der Waals surface area contributed by atoms with Crippen LogP contribution in [0.3, 0.4) is 0 Å². The van der Waals surface area contributed by atoms with Gasteiger partial charge < -0.3 is 5.73 Å². The topological polar surface area (TPSA) is 43.1 Å². The Bertz CT molecular complexity index is 493.